The Bertz CT molecular complexity index is 734. The number of rotatable bonds is 2. The molecule has 0 amide bonds. The van der Waals surface area contributed by atoms with Crippen LogP contribution in [0.5, 0.6) is 0 Å². The van der Waals surface area contributed by atoms with Crippen molar-refractivity contribution in [3.05, 3.63) is 23.8 Å². The second kappa shape index (κ2) is 4.23. The number of aromatic nitrogens is 2. The van der Waals surface area contributed by atoms with Crippen LogP contribution < -0.4 is 5.73 Å². The third kappa shape index (κ3) is 2.10. The zero-order chi connectivity index (χ0) is 13.6. The smallest absolute Gasteiger partial charge is 0.201 e. The van der Waals surface area contributed by atoms with Crippen LogP contribution in [0.15, 0.2) is 18.2 Å². The highest BCUT2D eigenvalue weighted by molar-refractivity contribution is 7.92. The van der Waals surface area contributed by atoms with Gasteiger partial charge in [-0.3, -0.25) is 0 Å². The average molecular weight is 279 g/mol. The van der Waals surface area contributed by atoms with Crippen molar-refractivity contribution in [3.8, 4) is 0 Å². The number of nitrogen functional groups attached to an aromatic ring is 1. The number of benzene rings is 1. The standard InChI is InChI=1S/C13H17N3O2S/c1-9-4-5-11-12(7-9)16(13(14)15-11)8-10-3-2-6-19(10,17)18/h4-5,7,10H,2-3,6,8H2,1H3,(H2,14,15). The van der Waals surface area contributed by atoms with E-state index in [9.17, 15) is 8.42 Å². The van der Waals surface area contributed by atoms with E-state index in [1.807, 2.05) is 29.7 Å². The van der Waals surface area contributed by atoms with Crippen LogP contribution in [0.3, 0.4) is 0 Å². The number of imidazole rings is 1. The van der Waals surface area contributed by atoms with Gasteiger partial charge in [0.05, 0.1) is 22.0 Å². The molecule has 1 unspecified atom stereocenters. The Morgan fingerprint density at radius 1 is 1.47 bits per heavy atom. The molecule has 6 heteroatoms. The molecule has 19 heavy (non-hydrogen) atoms. The first-order valence-corrected chi connectivity index (χ1v) is 8.13. The SMILES string of the molecule is Cc1ccc2nc(N)n(CC3CCCS3(=O)=O)c2c1. The quantitative estimate of drug-likeness (QED) is 0.903. The lowest BCUT2D eigenvalue weighted by Gasteiger charge is -2.12. The summed E-state index contributed by atoms with van der Waals surface area (Å²) in [6.07, 6.45) is 1.46. The van der Waals surface area contributed by atoms with Gasteiger partial charge in [-0.15, -0.1) is 0 Å². The van der Waals surface area contributed by atoms with Crippen molar-refractivity contribution in [2.45, 2.75) is 31.6 Å². The van der Waals surface area contributed by atoms with E-state index >= 15 is 0 Å². The van der Waals surface area contributed by atoms with Gasteiger partial charge in [0.15, 0.2) is 9.84 Å². The Kier molecular flexibility index (Phi) is 2.78. The van der Waals surface area contributed by atoms with Gasteiger partial charge in [0.1, 0.15) is 0 Å². The van der Waals surface area contributed by atoms with E-state index in [0.29, 0.717) is 24.7 Å². The zero-order valence-electron chi connectivity index (χ0n) is 10.8. The zero-order valence-corrected chi connectivity index (χ0v) is 11.7. The first kappa shape index (κ1) is 12.5. The molecule has 0 bridgehead atoms. The van der Waals surface area contributed by atoms with E-state index in [-0.39, 0.29) is 5.25 Å². The van der Waals surface area contributed by atoms with Crippen molar-refractivity contribution in [1.82, 2.24) is 9.55 Å². The molecule has 1 aliphatic heterocycles. The van der Waals surface area contributed by atoms with Crippen LogP contribution >= 0.6 is 0 Å². The maximum atomic E-state index is 11.9. The summed E-state index contributed by atoms with van der Waals surface area (Å²) in [5.74, 6) is 0.686. The summed E-state index contributed by atoms with van der Waals surface area (Å²) in [5.41, 5.74) is 8.78. The lowest BCUT2D eigenvalue weighted by molar-refractivity contribution is 0.571. The van der Waals surface area contributed by atoms with Crippen LogP contribution in [0.1, 0.15) is 18.4 Å². The van der Waals surface area contributed by atoms with Gasteiger partial charge >= 0.3 is 0 Å². The maximum Gasteiger partial charge on any atom is 0.201 e. The molecule has 102 valence electrons. The van der Waals surface area contributed by atoms with Gasteiger partial charge in [0.2, 0.25) is 5.95 Å². The van der Waals surface area contributed by atoms with Gasteiger partial charge in [-0.1, -0.05) is 6.07 Å². The van der Waals surface area contributed by atoms with Gasteiger partial charge in [-0.05, 0) is 37.5 Å². The third-order valence-electron chi connectivity index (χ3n) is 3.78. The Morgan fingerprint density at radius 3 is 2.95 bits per heavy atom. The number of hydrogen-bond donors (Lipinski definition) is 1. The van der Waals surface area contributed by atoms with Crippen molar-refractivity contribution in [3.63, 3.8) is 0 Å². The number of aryl methyl sites for hydroxylation is 1. The number of fused-ring (bicyclic) bond motifs is 1. The fourth-order valence-electron chi connectivity index (χ4n) is 2.71. The average Bonchev–Trinajstić information content (AvgIpc) is 2.82. The largest absolute Gasteiger partial charge is 0.369 e. The summed E-state index contributed by atoms with van der Waals surface area (Å²) in [5, 5.41) is -0.326. The van der Waals surface area contributed by atoms with E-state index in [1.165, 1.54) is 0 Å². The lowest BCUT2D eigenvalue weighted by Crippen LogP contribution is -2.23. The number of nitrogens with zero attached hydrogens (tertiary/aromatic N) is 2. The summed E-state index contributed by atoms with van der Waals surface area (Å²) < 4.78 is 25.7. The predicted molar refractivity (Wildman–Crippen MR) is 75.7 cm³/mol. The summed E-state index contributed by atoms with van der Waals surface area (Å²) >= 11 is 0. The van der Waals surface area contributed by atoms with Gasteiger partial charge in [0.25, 0.3) is 0 Å². The number of anilines is 1. The van der Waals surface area contributed by atoms with Gasteiger partial charge in [-0.2, -0.15) is 0 Å². The Hall–Kier alpha value is -1.56. The van der Waals surface area contributed by atoms with Crippen molar-refractivity contribution >= 4 is 26.8 Å². The first-order chi connectivity index (χ1) is 8.97. The van der Waals surface area contributed by atoms with Crippen LogP contribution in [-0.4, -0.2) is 29.0 Å². The van der Waals surface area contributed by atoms with Crippen molar-refractivity contribution < 1.29 is 8.42 Å². The van der Waals surface area contributed by atoms with Crippen LogP contribution in [0.4, 0.5) is 5.95 Å². The van der Waals surface area contributed by atoms with Crippen molar-refractivity contribution in [2.24, 2.45) is 0 Å². The molecular weight excluding hydrogens is 262 g/mol. The molecule has 0 aliphatic carbocycles. The highest BCUT2D eigenvalue weighted by Crippen LogP contribution is 2.26. The minimum Gasteiger partial charge on any atom is -0.369 e. The molecule has 2 N–H and O–H groups in total. The molecule has 3 rings (SSSR count). The minimum absolute atomic E-state index is 0.295. The van der Waals surface area contributed by atoms with E-state index in [1.54, 1.807) is 0 Å². The molecule has 5 nitrogen and oxygen atoms in total. The molecule has 1 fully saturated rings. The normalized spacial score (nSPS) is 22.1. The number of hydrogen-bond acceptors (Lipinski definition) is 4. The fourth-order valence-corrected chi connectivity index (χ4v) is 4.51. The fraction of sp³-hybridized carbons (Fsp3) is 0.462. The van der Waals surface area contributed by atoms with Gasteiger partial charge < -0.3 is 10.3 Å². The van der Waals surface area contributed by atoms with E-state index in [2.05, 4.69) is 4.98 Å². The molecule has 0 saturated carbocycles. The summed E-state index contributed by atoms with van der Waals surface area (Å²) in [6.45, 7) is 2.41. The van der Waals surface area contributed by atoms with Gasteiger partial charge in [-0.25, -0.2) is 13.4 Å². The molecule has 1 atom stereocenters. The molecule has 1 aromatic carbocycles. The van der Waals surface area contributed by atoms with E-state index < -0.39 is 9.84 Å². The second-order valence-corrected chi connectivity index (χ2v) is 7.60. The topological polar surface area (TPSA) is 78.0 Å². The van der Waals surface area contributed by atoms with Crippen LogP contribution in [0.25, 0.3) is 11.0 Å². The minimum atomic E-state index is -2.96. The molecule has 2 heterocycles. The summed E-state index contributed by atoms with van der Waals surface area (Å²) in [4.78, 5) is 4.29. The lowest BCUT2D eigenvalue weighted by atomic mass is 10.2. The maximum absolute atomic E-state index is 11.9. The number of nitrogens with two attached hydrogens (primary N) is 1. The Labute approximate surface area is 112 Å². The van der Waals surface area contributed by atoms with E-state index in [4.69, 9.17) is 5.73 Å². The molecular formula is C13H17N3O2S. The van der Waals surface area contributed by atoms with Crippen LogP contribution in [0, 0.1) is 6.92 Å². The van der Waals surface area contributed by atoms with Crippen molar-refractivity contribution in [2.75, 3.05) is 11.5 Å². The van der Waals surface area contributed by atoms with Crippen LogP contribution in [-0.2, 0) is 16.4 Å². The van der Waals surface area contributed by atoms with E-state index in [0.717, 1.165) is 23.0 Å². The second-order valence-electron chi connectivity index (χ2n) is 5.20. The molecule has 1 aromatic heterocycles. The highest BCUT2D eigenvalue weighted by atomic mass is 32.2. The summed E-state index contributed by atoms with van der Waals surface area (Å²) in [6, 6.07) is 5.90. The highest BCUT2D eigenvalue weighted by Gasteiger charge is 2.32. The van der Waals surface area contributed by atoms with Gasteiger partial charge in [0, 0.05) is 6.54 Å². The third-order valence-corrected chi connectivity index (χ3v) is 6.04. The summed E-state index contributed by atoms with van der Waals surface area (Å²) in [7, 11) is -2.96. The first-order valence-electron chi connectivity index (χ1n) is 6.41. The Balaban J connectivity index is 2.05. The molecule has 0 radical (unpaired) electrons. The molecule has 2 aromatic rings. The number of sulfone groups is 1. The van der Waals surface area contributed by atoms with Crippen LogP contribution in [0.2, 0.25) is 0 Å². The molecule has 1 saturated heterocycles. The predicted octanol–water partition coefficient (Wildman–Crippen LogP) is 1.50. The molecule has 1 aliphatic rings. The molecule has 0 spiro atoms. The monoisotopic (exact) mass is 279 g/mol. The van der Waals surface area contributed by atoms with Crippen molar-refractivity contribution in [1.29, 1.82) is 0 Å². The Morgan fingerprint density at radius 2 is 2.26 bits per heavy atom.